The van der Waals surface area contributed by atoms with E-state index >= 15 is 0 Å². The molecule has 5 heteroatoms. The van der Waals surface area contributed by atoms with Gasteiger partial charge in [-0.25, -0.2) is 4.21 Å². The van der Waals surface area contributed by atoms with Crippen molar-refractivity contribution < 1.29 is 8.76 Å². The summed E-state index contributed by atoms with van der Waals surface area (Å²) >= 11 is 8.20. The van der Waals surface area contributed by atoms with E-state index < -0.39 is 15.8 Å². The second-order valence-corrected chi connectivity index (χ2v) is 3.06. The van der Waals surface area contributed by atoms with Crippen LogP contribution in [-0.4, -0.2) is 19.4 Å². The summed E-state index contributed by atoms with van der Waals surface area (Å²) in [6, 6.07) is 0. The van der Waals surface area contributed by atoms with E-state index in [1.165, 1.54) is 0 Å². The van der Waals surface area contributed by atoms with Gasteiger partial charge in [0, 0.05) is 0 Å². The summed E-state index contributed by atoms with van der Waals surface area (Å²) in [5.74, 6) is 0.00463. The first-order valence-corrected chi connectivity index (χ1v) is 3.62. The summed E-state index contributed by atoms with van der Waals surface area (Å²) in [5, 5.41) is 0. The van der Waals surface area contributed by atoms with Crippen LogP contribution in [0.15, 0.2) is 0 Å². The highest BCUT2D eigenvalue weighted by Gasteiger charge is 2.06. The van der Waals surface area contributed by atoms with Crippen molar-refractivity contribution in [3.63, 3.8) is 0 Å². The summed E-state index contributed by atoms with van der Waals surface area (Å²) in [4.78, 5) is 0. The molecule has 0 aliphatic rings. The van der Waals surface area contributed by atoms with Crippen molar-refractivity contribution in [3.8, 4) is 0 Å². The maximum Gasteiger partial charge on any atom is 0.172 e. The number of rotatable bonds is 2. The van der Waals surface area contributed by atoms with Crippen LogP contribution in [0.4, 0.5) is 0 Å². The van der Waals surface area contributed by atoms with Crippen LogP contribution in [0.3, 0.4) is 0 Å². The Labute approximate surface area is 54.1 Å². The van der Waals surface area contributed by atoms with Gasteiger partial charge in [0.25, 0.3) is 0 Å². The Kier molecular flexibility index (Phi) is 4.02. The van der Waals surface area contributed by atoms with Crippen LogP contribution in [0.25, 0.3) is 0 Å². The molecule has 0 heterocycles. The largest absolute Gasteiger partial charge is 0.305 e. The van der Waals surface area contributed by atoms with Crippen LogP contribution < -0.4 is 0 Å². The molecule has 0 aromatic carbocycles. The normalized spacial score (nSPS) is 18.7. The maximum atomic E-state index is 9.83. The summed E-state index contributed by atoms with van der Waals surface area (Å²) in [6.45, 7) is 0. The number of halogens is 2. The molecule has 2 nitrogen and oxygen atoms in total. The smallest absolute Gasteiger partial charge is 0.172 e. The zero-order chi connectivity index (χ0) is 5.86. The molecule has 2 unspecified atom stereocenters. The number of hydrogen-bond donors (Lipinski definition) is 1. The van der Waals surface area contributed by atoms with E-state index in [4.69, 9.17) is 27.8 Å². The standard InChI is InChI=1S/C2H4Cl2O2S/c3-1-2(4)7(5)6/h2H,1H2,(H,5,6). The lowest BCUT2D eigenvalue weighted by Gasteiger charge is -1.93. The Morgan fingerprint density at radius 1 is 1.86 bits per heavy atom. The second kappa shape index (κ2) is 3.66. The van der Waals surface area contributed by atoms with Crippen molar-refractivity contribution in [2.45, 2.75) is 4.71 Å². The van der Waals surface area contributed by atoms with Gasteiger partial charge < -0.3 is 4.55 Å². The van der Waals surface area contributed by atoms with Crippen molar-refractivity contribution in [2.24, 2.45) is 0 Å². The first-order chi connectivity index (χ1) is 3.18. The molecule has 0 aromatic rings. The van der Waals surface area contributed by atoms with Crippen LogP contribution in [0.1, 0.15) is 0 Å². The average molecular weight is 163 g/mol. The van der Waals surface area contributed by atoms with Crippen molar-refractivity contribution in [1.82, 2.24) is 0 Å². The molecule has 2 atom stereocenters. The molecule has 0 saturated carbocycles. The fraction of sp³-hybridized carbons (Fsp3) is 1.00. The van der Waals surface area contributed by atoms with Gasteiger partial charge in [-0.05, 0) is 0 Å². The Balaban J connectivity index is 3.34. The number of hydrogen-bond acceptors (Lipinski definition) is 1. The summed E-state index contributed by atoms with van der Waals surface area (Å²) in [6.07, 6.45) is 0. The molecule has 0 spiro atoms. The lowest BCUT2D eigenvalue weighted by Crippen LogP contribution is -2.06. The van der Waals surface area contributed by atoms with Crippen LogP contribution in [0.2, 0.25) is 0 Å². The molecular formula is C2H4Cl2O2S. The van der Waals surface area contributed by atoms with Gasteiger partial charge in [-0.3, -0.25) is 0 Å². The molecular weight excluding hydrogens is 159 g/mol. The molecule has 0 rings (SSSR count). The van der Waals surface area contributed by atoms with E-state index in [0.717, 1.165) is 0 Å². The lowest BCUT2D eigenvalue weighted by atomic mass is 10.9. The molecule has 0 amide bonds. The van der Waals surface area contributed by atoms with E-state index in [9.17, 15) is 4.21 Å². The molecule has 0 aromatic heterocycles. The van der Waals surface area contributed by atoms with Crippen molar-refractivity contribution in [1.29, 1.82) is 0 Å². The predicted octanol–water partition coefficient (Wildman–Crippen LogP) is 1.01. The van der Waals surface area contributed by atoms with Gasteiger partial charge in [-0.1, -0.05) is 0 Å². The van der Waals surface area contributed by atoms with Gasteiger partial charge in [-0.2, -0.15) is 0 Å². The highest BCUT2D eigenvalue weighted by molar-refractivity contribution is 7.81. The molecule has 0 bridgehead atoms. The first-order valence-electron chi connectivity index (χ1n) is 1.48. The molecule has 0 fully saturated rings. The first kappa shape index (κ1) is 7.69. The van der Waals surface area contributed by atoms with Gasteiger partial charge in [0.05, 0.1) is 5.88 Å². The van der Waals surface area contributed by atoms with Gasteiger partial charge in [0.2, 0.25) is 0 Å². The summed E-state index contributed by atoms with van der Waals surface area (Å²) in [7, 11) is 0. The highest BCUT2D eigenvalue weighted by atomic mass is 35.5. The summed E-state index contributed by atoms with van der Waals surface area (Å²) in [5.41, 5.74) is 0. The van der Waals surface area contributed by atoms with E-state index in [-0.39, 0.29) is 5.88 Å². The van der Waals surface area contributed by atoms with Crippen molar-refractivity contribution in [2.75, 3.05) is 5.88 Å². The minimum Gasteiger partial charge on any atom is -0.305 e. The van der Waals surface area contributed by atoms with E-state index in [1.54, 1.807) is 0 Å². The molecule has 0 radical (unpaired) electrons. The third-order valence-corrected chi connectivity index (χ3v) is 2.21. The maximum absolute atomic E-state index is 9.83. The third-order valence-electron chi connectivity index (χ3n) is 0.340. The van der Waals surface area contributed by atoms with Crippen LogP contribution in [-0.2, 0) is 11.1 Å². The van der Waals surface area contributed by atoms with Crippen LogP contribution in [0.5, 0.6) is 0 Å². The highest BCUT2D eigenvalue weighted by Crippen LogP contribution is 2.00. The quantitative estimate of drug-likeness (QED) is 0.487. The summed E-state index contributed by atoms with van der Waals surface area (Å²) < 4.78 is 17.1. The Morgan fingerprint density at radius 2 is 2.29 bits per heavy atom. The Hall–Kier alpha value is 0.690. The topological polar surface area (TPSA) is 37.3 Å². The Bertz CT molecular complexity index is 76.1. The lowest BCUT2D eigenvalue weighted by molar-refractivity contribution is 0.563. The SMILES string of the molecule is O=S(O)C(Cl)CCl. The second-order valence-electron chi connectivity index (χ2n) is 0.841. The zero-order valence-electron chi connectivity index (χ0n) is 3.30. The van der Waals surface area contributed by atoms with E-state index in [1.807, 2.05) is 0 Å². The van der Waals surface area contributed by atoms with Gasteiger partial charge in [-0.15, -0.1) is 23.2 Å². The Morgan fingerprint density at radius 3 is 2.29 bits per heavy atom. The monoisotopic (exact) mass is 162 g/mol. The van der Waals surface area contributed by atoms with Gasteiger partial charge >= 0.3 is 0 Å². The fourth-order valence-corrected chi connectivity index (χ4v) is 0.485. The van der Waals surface area contributed by atoms with E-state index in [2.05, 4.69) is 0 Å². The predicted molar refractivity (Wildman–Crippen MR) is 31.1 cm³/mol. The molecule has 0 aliphatic heterocycles. The average Bonchev–Trinajstić information content (AvgIpc) is 1.65. The van der Waals surface area contributed by atoms with Crippen molar-refractivity contribution in [3.05, 3.63) is 0 Å². The third kappa shape index (κ3) is 3.29. The molecule has 0 aliphatic carbocycles. The number of alkyl halides is 2. The minimum atomic E-state index is -1.98. The van der Waals surface area contributed by atoms with E-state index in [0.29, 0.717) is 0 Å². The van der Waals surface area contributed by atoms with Crippen molar-refractivity contribution >= 4 is 34.3 Å². The molecule has 1 N–H and O–H groups in total. The zero-order valence-corrected chi connectivity index (χ0v) is 5.63. The van der Waals surface area contributed by atoms with Crippen LogP contribution in [0, 0.1) is 0 Å². The molecule has 44 valence electrons. The minimum absolute atomic E-state index is 0.00463. The van der Waals surface area contributed by atoms with Crippen LogP contribution >= 0.6 is 23.2 Å². The molecule has 0 saturated heterocycles. The molecule has 7 heavy (non-hydrogen) atoms. The van der Waals surface area contributed by atoms with Gasteiger partial charge in [0.1, 0.15) is 4.71 Å². The van der Waals surface area contributed by atoms with Gasteiger partial charge in [0.15, 0.2) is 11.1 Å². The fourth-order valence-electron chi connectivity index (χ4n) is 0.0539.